The minimum atomic E-state index is -0.943. The number of para-hydroxylation sites is 1. The summed E-state index contributed by atoms with van der Waals surface area (Å²) in [5, 5.41) is 10.2. The number of ether oxygens (including phenoxy) is 2. The van der Waals surface area contributed by atoms with Crippen LogP contribution in [0.2, 0.25) is 5.02 Å². The molecule has 1 aromatic heterocycles. The second kappa shape index (κ2) is 14.8. The van der Waals surface area contributed by atoms with Gasteiger partial charge >= 0.3 is 6.09 Å². The van der Waals surface area contributed by atoms with Crippen molar-refractivity contribution in [2.45, 2.75) is 43.9 Å². The predicted molar refractivity (Wildman–Crippen MR) is 184 cm³/mol. The number of halogens is 1. The SMILES string of the molecule is COC(=O)NC(C(=O)Nc1ccccc1CC[C@@H]1CN[C@H](c2nc3cc(Cl)c(C)cc3[nH]2)CO1)C(c1ccccc1)c1ccccc1. The maximum absolute atomic E-state index is 14.1. The number of benzene rings is 4. The molecule has 1 saturated heterocycles. The first-order chi connectivity index (χ1) is 22.9. The average molecular weight is 652 g/mol. The molecule has 5 aromatic rings. The zero-order chi connectivity index (χ0) is 32.8. The Morgan fingerprint density at radius 3 is 2.34 bits per heavy atom. The van der Waals surface area contributed by atoms with Crippen LogP contribution in [0.4, 0.5) is 10.5 Å². The largest absolute Gasteiger partial charge is 0.453 e. The molecule has 2 amide bonds. The van der Waals surface area contributed by atoms with E-state index in [0.717, 1.165) is 45.5 Å². The molecule has 0 aliphatic carbocycles. The number of nitrogens with one attached hydrogen (secondary N) is 4. The molecule has 3 atom stereocenters. The van der Waals surface area contributed by atoms with Crippen LogP contribution in [0.5, 0.6) is 0 Å². The average Bonchev–Trinajstić information content (AvgIpc) is 3.51. The van der Waals surface area contributed by atoms with Crippen LogP contribution in [0.1, 0.15) is 46.5 Å². The Hall–Kier alpha value is -4.70. The highest BCUT2D eigenvalue weighted by Gasteiger charge is 2.33. The van der Waals surface area contributed by atoms with E-state index in [-0.39, 0.29) is 18.1 Å². The van der Waals surface area contributed by atoms with E-state index in [0.29, 0.717) is 30.3 Å². The lowest BCUT2D eigenvalue weighted by Crippen LogP contribution is -2.48. The summed E-state index contributed by atoms with van der Waals surface area (Å²) in [5.74, 6) is 0.0278. The number of amides is 2. The number of alkyl carbamates (subject to hydrolysis) is 1. The first-order valence-corrected chi connectivity index (χ1v) is 16.1. The maximum Gasteiger partial charge on any atom is 0.407 e. The molecule has 1 aliphatic heterocycles. The standard InChI is InChI=1S/C37H38ClN5O4/c1-23-19-30-31(20-28(23)38)41-35(40-30)32-22-47-27(21-39-32)18-17-24-11-9-10-16-29(24)42-36(44)34(43-37(45)46-2)33(25-12-5-3-6-13-25)26-14-7-4-8-15-26/h3-16,19-20,27,32-34,39H,17-18,21-22H2,1-2H3,(H,40,41)(H,42,44)(H,43,45)/t27-,32+,34?/m1/s1. The van der Waals surface area contributed by atoms with E-state index in [1.54, 1.807) is 0 Å². The predicted octanol–water partition coefficient (Wildman–Crippen LogP) is 6.68. The fraction of sp³-hybridized carbons (Fsp3) is 0.270. The van der Waals surface area contributed by atoms with E-state index in [4.69, 9.17) is 26.1 Å². The summed E-state index contributed by atoms with van der Waals surface area (Å²) < 4.78 is 11.2. The van der Waals surface area contributed by atoms with Gasteiger partial charge in [-0.3, -0.25) is 4.79 Å². The number of rotatable bonds is 10. The van der Waals surface area contributed by atoms with Crippen molar-refractivity contribution >= 4 is 40.3 Å². The van der Waals surface area contributed by atoms with Crippen molar-refractivity contribution in [3.8, 4) is 0 Å². The van der Waals surface area contributed by atoms with Gasteiger partial charge in [0.2, 0.25) is 5.91 Å². The molecule has 1 fully saturated rings. The van der Waals surface area contributed by atoms with Crippen LogP contribution in [0.15, 0.2) is 97.1 Å². The van der Waals surface area contributed by atoms with Crippen LogP contribution in [0.3, 0.4) is 0 Å². The Balaban J connectivity index is 1.13. The number of fused-ring (bicyclic) bond motifs is 1. The fourth-order valence-electron chi connectivity index (χ4n) is 6.08. The summed E-state index contributed by atoms with van der Waals surface area (Å²) in [7, 11) is 1.29. The van der Waals surface area contributed by atoms with Crippen molar-refractivity contribution in [2.75, 3.05) is 25.6 Å². The van der Waals surface area contributed by atoms with Crippen LogP contribution >= 0.6 is 11.6 Å². The molecule has 0 bridgehead atoms. The molecule has 6 rings (SSSR count). The number of carbonyl (C=O) groups is 2. The van der Waals surface area contributed by atoms with Crippen molar-refractivity contribution in [3.05, 3.63) is 130 Å². The highest BCUT2D eigenvalue weighted by atomic mass is 35.5. The van der Waals surface area contributed by atoms with Crippen molar-refractivity contribution in [1.29, 1.82) is 0 Å². The first kappa shape index (κ1) is 32.2. The van der Waals surface area contributed by atoms with Gasteiger partial charge in [-0.2, -0.15) is 0 Å². The molecule has 0 radical (unpaired) electrons. The Kier molecular flexibility index (Phi) is 10.2. The Bertz CT molecular complexity index is 1740. The number of nitrogens with zero attached hydrogens (tertiary/aromatic N) is 1. The molecule has 0 spiro atoms. The zero-order valence-corrected chi connectivity index (χ0v) is 27.1. The van der Waals surface area contributed by atoms with Gasteiger partial charge < -0.3 is 30.4 Å². The van der Waals surface area contributed by atoms with Crippen molar-refractivity contribution < 1.29 is 19.1 Å². The summed E-state index contributed by atoms with van der Waals surface area (Å²) >= 11 is 6.29. The van der Waals surface area contributed by atoms with Crippen LogP contribution in [-0.4, -0.2) is 54.4 Å². The molecule has 4 N–H and O–H groups in total. The number of aryl methyl sites for hydroxylation is 2. The second-order valence-electron chi connectivity index (χ2n) is 11.8. The molecule has 4 aromatic carbocycles. The highest BCUT2D eigenvalue weighted by molar-refractivity contribution is 6.32. The topological polar surface area (TPSA) is 117 Å². The van der Waals surface area contributed by atoms with Crippen molar-refractivity contribution in [2.24, 2.45) is 0 Å². The molecule has 2 heterocycles. The molecule has 242 valence electrons. The van der Waals surface area contributed by atoms with E-state index in [9.17, 15) is 9.59 Å². The Morgan fingerprint density at radius 1 is 1.00 bits per heavy atom. The second-order valence-corrected chi connectivity index (χ2v) is 12.2. The van der Waals surface area contributed by atoms with Crippen molar-refractivity contribution in [3.63, 3.8) is 0 Å². The lowest BCUT2D eigenvalue weighted by Gasteiger charge is -2.30. The third-order valence-corrected chi connectivity index (χ3v) is 9.01. The number of anilines is 1. The summed E-state index contributed by atoms with van der Waals surface area (Å²) in [5.41, 5.74) is 6.24. The quantitative estimate of drug-likeness (QED) is 0.134. The van der Waals surface area contributed by atoms with E-state index in [2.05, 4.69) is 20.9 Å². The molecule has 9 nitrogen and oxygen atoms in total. The lowest BCUT2D eigenvalue weighted by molar-refractivity contribution is -0.118. The molecular formula is C37H38ClN5O4. The van der Waals surface area contributed by atoms with Gasteiger partial charge in [-0.25, -0.2) is 9.78 Å². The number of aromatic nitrogens is 2. The number of morpholine rings is 1. The molecule has 0 saturated carbocycles. The van der Waals surface area contributed by atoms with Crippen LogP contribution in [0.25, 0.3) is 11.0 Å². The Morgan fingerprint density at radius 2 is 1.68 bits per heavy atom. The number of hydrogen-bond donors (Lipinski definition) is 4. The smallest absolute Gasteiger partial charge is 0.407 e. The van der Waals surface area contributed by atoms with E-state index in [1.165, 1.54) is 7.11 Å². The normalized spacial score (nSPS) is 16.9. The van der Waals surface area contributed by atoms with Crippen LogP contribution in [-0.2, 0) is 20.7 Å². The van der Waals surface area contributed by atoms with Crippen LogP contribution < -0.4 is 16.0 Å². The third-order valence-electron chi connectivity index (χ3n) is 8.60. The third kappa shape index (κ3) is 7.65. The van der Waals surface area contributed by atoms with Gasteiger partial charge in [-0.05, 0) is 60.2 Å². The number of carbonyl (C=O) groups excluding carboxylic acids is 2. The number of aromatic amines is 1. The van der Waals surface area contributed by atoms with Gasteiger partial charge in [0.15, 0.2) is 0 Å². The first-order valence-electron chi connectivity index (χ1n) is 15.7. The van der Waals surface area contributed by atoms with Gasteiger partial charge in [-0.1, -0.05) is 90.5 Å². The molecule has 1 aliphatic rings. The molecular weight excluding hydrogens is 614 g/mol. The van der Waals surface area contributed by atoms with Crippen molar-refractivity contribution in [1.82, 2.24) is 20.6 Å². The fourth-order valence-corrected chi connectivity index (χ4v) is 6.24. The van der Waals surface area contributed by atoms with Crippen LogP contribution in [0, 0.1) is 6.92 Å². The van der Waals surface area contributed by atoms with Gasteiger partial charge in [-0.15, -0.1) is 0 Å². The summed E-state index contributed by atoms with van der Waals surface area (Å²) in [6, 6.07) is 30.0. The van der Waals surface area contributed by atoms with Gasteiger partial charge in [0.1, 0.15) is 11.9 Å². The summed E-state index contributed by atoms with van der Waals surface area (Å²) in [4.78, 5) is 34.7. The molecule has 1 unspecified atom stereocenters. The Labute approximate surface area is 279 Å². The van der Waals surface area contributed by atoms with Gasteiger partial charge in [0, 0.05) is 23.2 Å². The summed E-state index contributed by atoms with van der Waals surface area (Å²) in [6.45, 7) is 3.12. The van der Waals surface area contributed by atoms with Gasteiger partial charge in [0.05, 0.1) is 36.9 Å². The molecule has 10 heteroatoms. The highest BCUT2D eigenvalue weighted by Crippen LogP contribution is 2.30. The lowest BCUT2D eigenvalue weighted by atomic mass is 9.84. The molecule has 47 heavy (non-hydrogen) atoms. The van der Waals surface area contributed by atoms with Gasteiger partial charge in [0.25, 0.3) is 0 Å². The van der Waals surface area contributed by atoms with E-state index in [1.807, 2.05) is 104 Å². The monoisotopic (exact) mass is 651 g/mol. The zero-order valence-electron chi connectivity index (χ0n) is 26.3. The minimum Gasteiger partial charge on any atom is -0.453 e. The number of imidazole rings is 1. The van der Waals surface area contributed by atoms with E-state index >= 15 is 0 Å². The number of methoxy groups -OCH3 is 1. The summed E-state index contributed by atoms with van der Waals surface area (Å²) in [6.07, 6.45) is 0.746. The van der Waals surface area contributed by atoms with E-state index < -0.39 is 18.1 Å². The number of H-pyrrole nitrogens is 1. The number of hydrogen-bond acceptors (Lipinski definition) is 6. The maximum atomic E-state index is 14.1. The minimum absolute atomic E-state index is 0.00893.